The number of nitrogens with zero attached hydrogens (tertiary/aromatic N) is 1. The quantitative estimate of drug-likeness (QED) is 0.816. The van der Waals surface area contributed by atoms with Crippen LogP contribution < -0.4 is 10.5 Å². The second-order valence-electron chi connectivity index (χ2n) is 5.80. The van der Waals surface area contributed by atoms with E-state index in [1.54, 1.807) is 19.9 Å². The van der Waals surface area contributed by atoms with E-state index in [4.69, 9.17) is 10.5 Å². The van der Waals surface area contributed by atoms with Crippen molar-refractivity contribution in [1.82, 2.24) is 4.31 Å². The number of methoxy groups -OCH3 is 1. The zero-order chi connectivity index (χ0) is 15.8. The molecule has 1 aromatic carbocycles. The van der Waals surface area contributed by atoms with Gasteiger partial charge in [0.15, 0.2) is 0 Å². The first-order valence-corrected chi connectivity index (χ1v) is 8.28. The Hall–Kier alpha value is -1.31. The molecule has 1 unspecified atom stereocenters. The minimum atomic E-state index is -3.75. The molecule has 0 aromatic heterocycles. The Balaban J connectivity index is 2.47. The van der Waals surface area contributed by atoms with E-state index < -0.39 is 15.6 Å². The maximum atomic E-state index is 12.8. The molecule has 0 aliphatic carbocycles. The third kappa shape index (κ3) is 3.14. The molecule has 3 N–H and O–H groups in total. The van der Waals surface area contributed by atoms with Gasteiger partial charge < -0.3 is 15.6 Å². The molecule has 1 aliphatic heterocycles. The Morgan fingerprint density at radius 1 is 1.43 bits per heavy atom. The van der Waals surface area contributed by atoms with Gasteiger partial charge in [-0.1, -0.05) is 0 Å². The van der Waals surface area contributed by atoms with Crippen molar-refractivity contribution in [3.05, 3.63) is 17.7 Å². The molecule has 0 bridgehead atoms. The monoisotopic (exact) mass is 314 g/mol. The fourth-order valence-corrected chi connectivity index (χ4v) is 4.33. The summed E-state index contributed by atoms with van der Waals surface area (Å²) in [5, 5.41) is 10.1. The lowest BCUT2D eigenvalue weighted by molar-refractivity contribution is 0.00936. The molecule has 7 heteroatoms. The second kappa shape index (κ2) is 5.47. The normalized spacial score (nSPS) is 24.0. The highest BCUT2D eigenvalue weighted by Gasteiger charge is 2.37. The summed E-state index contributed by atoms with van der Waals surface area (Å²) in [5.41, 5.74) is 5.99. The van der Waals surface area contributed by atoms with Gasteiger partial charge in [0, 0.05) is 18.8 Å². The zero-order valence-electron chi connectivity index (χ0n) is 12.6. The number of aliphatic hydroxyl groups is 1. The molecule has 2 rings (SSSR count). The number of sulfonamides is 1. The molecule has 0 saturated carbocycles. The summed E-state index contributed by atoms with van der Waals surface area (Å²) in [6.07, 6.45) is 1.21. The van der Waals surface area contributed by atoms with Gasteiger partial charge in [-0.2, -0.15) is 4.31 Å². The van der Waals surface area contributed by atoms with Crippen molar-refractivity contribution in [1.29, 1.82) is 0 Å². The van der Waals surface area contributed by atoms with E-state index in [-0.39, 0.29) is 17.2 Å². The van der Waals surface area contributed by atoms with Crippen LogP contribution in [0, 0.1) is 6.92 Å². The van der Waals surface area contributed by atoms with E-state index in [1.807, 2.05) is 0 Å². The van der Waals surface area contributed by atoms with Gasteiger partial charge in [0.05, 0.1) is 12.7 Å². The van der Waals surface area contributed by atoms with Crippen LogP contribution in [0.25, 0.3) is 0 Å². The highest BCUT2D eigenvalue weighted by atomic mass is 32.2. The Morgan fingerprint density at radius 2 is 2.10 bits per heavy atom. The number of anilines is 1. The van der Waals surface area contributed by atoms with Gasteiger partial charge in [-0.15, -0.1) is 0 Å². The van der Waals surface area contributed by atoms with Crippen molar-refractivity contribution < 1.29 is 18.3 Å². The van der Waals surface area contributed by atoms with E-state index in [9.17, 15) is 13.5 Å². The number of piperidine rings is 1. The number of hydrogen-bond acceptors (Lipinski definition) is 5. The molecule has 0 radical (unpaired) electrons. The van der Waals surface area contributed by atoms with Crippen LogP contribution in [0.2, 0.25) is 0 Å². The third-order valence-electron chi connectivity index (χ3n) is 3.81. The van der Waals surface area contributed by atoms with Crippen LogP contribution in [-0.4, -0.2) is 43.6 Å². The Labute approximate surface area is 125 Å². The molecule has 0 spiro atoms. The second-order valence-corrected chi connectivity index (χ2v) is 7.71. The molecule has 0 amide bonds. The van der Waals surface area contributed by atoms with Gasteiger partial charge in [-0.25, -0.2) is 8.42 Å². The SMILES string of the molecule is COc1cc(C)c(N)cc1S(=O)(=O)N1CCCC(C)(O)C1. The lowest BCUT2D eigenvalue weighted by atomic mass is 9.97. The molecule has 1 heterocycles. The van der Waals surface area contributed by atoms with Crippen LogP contribution in [0.5, 0.6) is 5.75 Å². The molecule has 1 atom stereocenters. The van der Waals surface area contributed by atoms with Crippen LogP contribution in [-0.2, 0) is 10.0 Å². The number of benzene rings is 1. The summed E-state index contributed by atoms with van der Waals surface area (Å²) >= 11 is 0. The van der Waals surface area contributed by atoms with E-state index in [0.717, 1.165) is 5.56 Å². The van der Waals surface area contributed by atoms with Crippen LogP contribution in [0.1, 0.15) is 25.3 Å². The van der Waals surface area contributed by atoms with Gasteiger partial charge >= 0.3 is 0 Å². The number of aryl methyl sites for hydroxylation is 1. The molecule has 1 aliphatic rings. The number of hydrogen-bond donors (Lipinski definition) is 2. The minimum absolute atomic E-state index is 0.0470. The number of ether oxygens (including phenoxy) is 1. The summed E-state index contributed by atoms with van der Waals surface area (Å²) in [4.78, 5) is 0.0470. The highest BCUT2D eigenvalue weighted by Crippen LogP contribution is 2.33. The van der Waals surface area contributed by atoms with E-state index in [1.165, 1.54) is 17.5 Å². The Bertz CT molecular complexity index is 641. The predicted octanol–water partition coefficient (Wildman–Crippen LogP) is 1.12. The van der Waals surface area contributed by atoms with Gasteiger partial charge in [0.1, 0.15) is 10.6 Å². The summed E-state index contributed by atoms with van der Waals surface area (Å²) in [6.45, 7) is 3.90. The van der Waals surface area contributed by atoms with Gasteiger partial charge in [0.25, 0.3) is 0 Å². The molecule has 21 heavy (non-hydrogen) atoms. The molecule has 1 saturated heterocycles. The number of rotatable bonds is 3. The fourth-order valence-electron chi connectivity index (χ4n) is 2.56. The van der Waals surface area contributed by atoms with Crippen LogP contribution in [0.15, 0.2) is 17.0 Å². The third-order valence-corrected chi connectivity index (χ3v) is 5.68. The van der Waals surface area contributed by atoms with Crippen LogP contribution in [0.3, 0.4) is 0 Å². The maximum Gasteiger partial charge on any atom is 0.246 e. The van der Waals surface area contributed by atoms with Crippen molar-refractivity contribution >= 4 is 15.7 Å². The number of nitrogen functional groups attached to an aromatic ring is 1. The number of nitrogens with two attached hydrogens (primary N) is 1. The molecule has 118 valence electrons. The predicted molar refractivity (Wildman–Crippen MR) is 80.8 cm³/mol. The maximum absolute atomic E-state index is 12.8. The highest BCUT2D eigenvalue weighted by molar-refractivity contribution is 7.89. The lowest BCUT2D eigenvalue weighted by Crippen LogP contribution is -2.48. The summed E-state index contributed by atoms with van der Waals surface area (Å²) < 4.78 is 32.1. The van der Waals surface area contributed by atoms with E-state index in [0.29, 0.717) is 25.1 Å². The van der Waals surface area contributed by atoms with Crippen molar-refractivity contribution in [2.24, 2.45) is 0 Å². The first-order chi connectivity index (χ1) is 9.67. The Morgan fingerprint density at radius 3 is 2.67 bits per heavy atom. The number of β-amino-alcohol motifs (C(OH)–C–C–N with tert-alkyl or cyclic N) is 1. The average molecular weight is 314 g/mol. The molecule has 1 aromatic rings. The van der Waals surface area contributed by atoms with Crippen LogP contribution >= 0.6 is 0 Å². The minimum Gasteiger partial charge on any atom is -0.495 e. The zero-order valence-corrected chi connectivity index (χ0v) is 13.4. The summed E-state index contributed by atoms with van der Waals surface area (Å²) in [7, 11) is -2.32. The Kier molecular flexibility index (Phi) is 4.19. The van der Waals surface area contributed by atoms with Crippen molar-refractivity contribution in [3.63, 3.8) is 0 Å². The fraction of sp³-hybridized carbons (Fsp3) is 0.571. The van der Waals surface area contributed by atoms with Gasteiger partial charge in [-0.05, 0) is 44.4 Å². The largest absolute Gasteiger partial charge is 0.495 e. The van der Waals surface area contributed by atoms with Gasteiger partial charge in [0.2, 0.25) is 10.0 Å². The molecular weight excluding hydrogens is 292 g/mol. The first kappa shape index (κ1) is 16.1. The summed E-state index contributed by atoms with van der Waals surface area (Å²) in [6, 6.07) is 3.04. The standard InChI is InChI=1S/C14H22N2O4S/c1-10-7-12(20-3)13(8-11(10)15)21(18,19)16-6-4-5-14(2,17)9-16/h7-8,17H,4-6,9,15H2,1-3H3. The molecule has 6 nitrogen and oxygen atoms in total. The van der Waals surface area contributed by atoms with Crippen LogP contribution in [0.4, 0.5) is 5.69 Å². The molecular formula is C14H22N2O4S. The topological polar surface area (TPSA) is 92.9 Å². The first-order valence-electron chi connectivity index (χ1n) is 6.84. The van der Waals surface area contributed by atoms with E-state index in [2.05, 4.69) is 0 Å². The smallest absolute Gasteiger partial charge is 0.246 e. The summed E-state index contributed by atoms with van der Waals surface area (Å²) in [5.74, 6) is 0.270. The van der Waals surface area contributed by atoms with E-state index >= 15 is 0 Å². The average Bonchev–Trinajstić information content (AvgIpc) is 2.40. The molecule has 1 fully saturated rings. The van der Waals surface area contributed by atoms with Crippen molar-refractivity contribution in [2.75, 3.05) is 25.9 Å². The van der Waals surface area contributed by atoms with Crippen molar-refractivity contribution in [2.45, 2.75) is 37.2 Å². The van der Waals surface area contributed by atoms with Crippen molar-refractivity contribution in [3.8, 4) is 5.75 Å². The van der Waals surface area contributed by atoms with Gasteiger partial charge in [-0.3, -0.25) is 0 Å². The lowest BCUT2D eigenvalue weighted by Gasteiger charge is -2.36.